The SMILES string of the molecule is C=C=C1CCC(=O)c2cc(C(=O)CC)c(C(C)=O)cc21. The first kappa shape index (κ1) is 14.2. The fourth-order valence-corrected chi connectivity index (χ4v) is 2.48. The number of Topliss-reactive ketones (excluding diaryl/α,β-unsaturated/α-hetero) is 3. The summed E-state index contributed by atoms with van der Waals surface area (Å²) in [5.74, 6) is -0.300. The number of hydrogen-bond acceptors (Lipinski definition) is 3. The van der Waals surface area contributed by atoms with E-state index >= 15 is 0 Å². The van der Waals surface area contributed by atoms with E-state index in [9.17, 15) is 14.4 Å². The topological polar surface area (TPSA) is 51.2 Å². The van der Waals surface area contributed by atoms with Crippen LogP contribution in [0.5, 0.6) is 0 Å². The normalized spacial score (nSPS) is 13.7. The first-order valence-corrected chi connectivity index (χ1v) is 6.64. The second-order valence-corrected chi connectivity index (χ2v) is 4.85. The largest absolute Gasteiger partial charge is 0.294 e. The number of fused-ring (bicyclic) bond motifs is 1. The molecular formula is C17H16O3. The number of rotatable bonds is 3. The van der Waals surface area contributed by atoms with Gasteiger partial charge in [-0.2, -0.15) is 0 Å². The van der Waals surface area contributed by atoms with Crippen LogP contribution in [-0.2, 0) is 0 Å². The second kappa shape index (κ2) is 5.40. The summed E-state index contributed by atoms with van der Waals surface area (Å²) < 4.78 is 0. The van der Waals surface area contributed by atoms with Crippen molar-refractivity contribution in [1.82, 2.24) is 0 Å². The molecule has 0 bridgehead atoms. The van der Waals surface area contributed by atoms with Crippen LogP contribution >= 0.6 is 0 Å². The lowest BCUT2D eigenvalue weighted by Gasteiger charge is -2.19. The van der Waals surface area contributed by atoms with E-state index in [0.29, 0.717) is 41.5 Å². The van der Waals surface area contributed by atoms with E-state index in [4.69, 9.17) is 0 Å². The third-order valence-corrected chi connectivity index (χ3v) is 3.60. The standard InChI is InChI=1S/C17H16O3/c1-4-11-6-7-17(20)15-9-14(16(19)5-2)12(10(3)18)8-13(11)15/h8-9H,1,5-7H2,2-3H3. The zero-order valence-corrected chi connectivity index (χ0v) is 11.7. The van der Waals surface area contributed by atoms with Gasteiger partial charge in [0.2, 0.25) is 0 Å². The van der Waals surface area contributed by atoms with E-state index in [2.05, 4.69) is 12.3 Å². The summed E-state index contributed by atoms with van der Waals surface area (Å²) in [7, 11) is 0. The highest BCUT2D eigenvalue weighted by Gasteiger charge is 2.25. The Balaban J connectivity index is 2.78. The van der Waals surface area contributed by atoms with Crippen molar-refractivity contribution in [2.45, 2.75) is 33.1 Å². The van der Waals surface area contributed by atoms with Gasteiger partial charge in [-0.1, -0.05) is 13.5 Å². The van der Waals surface area contributed by atoms with Gasteiger partial charge in [-0.05, 0) is 31.0 Å². The molecule has 1 aliphatic carbocycles. The zero-order valence-electron chi connectivity index (χ0n) is 11.7. The van der Waals surface area contributed by atoms with Crippen molar-refractivity contribution >= 4 is 22.9 Å². The molecule has 0 amide bonds. The predicted octanol–water partition coefficient (Wildman–Crippen LogP) is 3.63. The molecule has 102 valence electrons. The molecule has 20 heavy (non-hydrogen) atoms. The van der Waals surface area contributed by atoms with Gasteiger partial charge in [0.15, 0.2) is 17.3 Å². The lowest BCUT2D eigenvalue weighted by atomic mass is 9.82. The highest BCUT2D eigenvalue weighted by Crippen LogP contribution is 2.32. The minimum Gasteiger partial charge on any atom is -0.294 e. The molecule has 0 fully saturated rings. The molecule has 3 heteroatoms. The molecule has 0 saturated heterocycles. The molecular weight excluding hydrogens is 252 g/mol. The lowest BCUT2D eigenvalue weighted by molar-refractivity contribution is 0.0963. The summed E-state index contributed by atoms with van der Waals surface area (Å²) in [6, 6.07) is 3.21. The monoisotopic (exact) mass is 268 g/mol. The van der Waals surface area contributed by atoms with Crippen molar-refractivity contribution in [3.8, 4) is 0 Å². The summed E-state index contributed by atoms with van der Waals surface area (Å²) in [6.45, 7) is 6.80. The molecule has 0 spiro atoms. The minimum atomic E-state index is -0.175. The highest BCUT2D eigenvalue weighted by molar-refractivity contribution is 6.12. The smallest absolute Gasteiger partial charge is 0.163 e. The average molecular weight is 268 g/mol. The average Bonchev–Trinajstić information content (AvgIpc) is 2.45. The maximum Gasteiger partial charge on any atom is 0.163 e. The van der Waals surface area contributed by atoms with Crippen LogP contribution in [0.25, 0.3) is 5.57 Å². The number of carbonyl (C=O) groups excluding carboxylic acids is 3. The van der Waals surface area contributed by atoms with Gasteiger partial charge in [0.1, 0.15) is 0 Å². The van der Waals surface area contributed by atoms with Gasteiger partial charge in [0.25, 0.3) is 0 Å². The summed E-state index contributed by atoms with van der Waals surface area (Å²) in [5.41, 5.74) is 5.57. The summed E-state index contributed by atoms with van der Waals surface area (Å²) in [4.78, 5) is 35.8. The number of carbonyl (C=O) groups is 3. The van der Waals surface area contributed by atoms with Crippen LogP contribution in [0.1, 0.15) is 69.7 Å². The predicted molar refractivity (Wildman–Crippen MR) is 77.2 cm³/mol. The van der Waals surface area contributed by atoms with Crippen molar-refractivity contribution < 1.29 is 14.4 Å². The molecule has 0 unspecified atom stereocenters. The molecule has 0 N–H and O–H groups in total. The molecule has 0 atom stereocenters. The van der Waals surface area contributed by atoms with Crippen molar-refractivity contribution in [2.24, 2.45) is 0 Å². The number of allylic oxidation sites excluding steroid dienone is 1. The summed E-state index contributed by atoms with van der Waals surface area (Å²) >= 11 is 0. The third kappa shape index (κ3) is 2.28. The van der Waals surface area contributed by atoms with E-state index < -0.39 is 0 Å². The van der Waals surface area contributed by atoms with Gasteiger partial charge in [0.05, 0.1) is 0 Å². The van der Waals surface area contributed by atoms with Crippen LogP contribution < -0.4 is 0 Å². The Morgan fingerprint density at radius 2 is 1.85 bits per heavy atom. The molecule has 0 heterocycles. The molecule has 0 aromatic heterocycles. The van der Waals surface area contributed by atoms with Crippen LogP contribution in [0.2, 0.25) is 0 Å². The minimum absolute atomic E-state index is 0.000690. The Kier molecular flexibility index (Phi) is 3.82. The van der Waals surface area contributed by atoms with Crippen LogP contribution in [0.15, 0.2) is 24.4 Å². The van der Waals surface area contributed by atoms with E-state index in [1.54, 1.807) is 19.1 Å². The quantitative estimate of drug-likeness (QED) is 0.621. The van der Waals surface area contributed by atoms with Crippen molar-refractivity contribution in [3.63, 3.8) is 0 Å². The highest BCUT2D eigenvalue weighted by atomic mass is 16.1. The number of ketones is 3. The first-order valence-electron chi connectivity index (χ1n) is 6.64. The fourth-order valence-electron chi connectivity index (χ4n) is 2.48. The van der Waals surface area contributed by atoms with Gasteiger partial charge in [-0.15, -0.1) is 5.73 Å². The number of benzene rings is 1. The van der Waals surface area contributed by atoms with Crippen molar-refractivity contribution in [2.75, 3.05) is 0 Å². The summed E-state index contributed by atoms with van der Waals surface area (Å²) in [5, 5.41) is 0. The van der Waals surface area contributed by atoms with Crippen LogP contribution in [0, 0.1) is 0 Å². The van der Waals surface area contributed by atoms with E-state index in [1.165, 1.54) is 6.92 Å². The molecule has 0 saturated carbocycles. The zero-order chi connectivity index (χ0) is 14.9. The fraction of sp³-hybridized carbons (Fsp3) is 0.294. The Morgan fingerprint density at radius 3 is 2.40 bits per heavy atom. The Bertz CT molecular complexity index is 674. The first-order chi connectivity index (χ1) is 9.49. The van der Waals surface area contributed by atoms with Gasteiger partial charge in [-0.25, -0.2) is 0 Å². The lowest BCUT2D eigenvalue weighted by Crippen LogP contribution is -2.15. The van der Waals surface area contributed by atoms with E-state index in [-0.39, 0.29) is 17.3 Å². The maximum atomic E-state index is 12.0. The molecule has 3 nitrogen and oxygen atoms in total. The van der Waals surface area contributed by atoms with Gasteiger partial charge < -0.3 is 0 Å². The molecule has 1 aliphatic rings. The molecule has 0 radical (unpaired) electrons. The molecule has 1 aromatic carbocycles. The Hall–Kier alpha value is -2.25. The van der Waals surface area contributed by atoms with Gasteiger partial charge in [0, 0.05) is 35.1 Å². The second-order valence-electron chi connectivity index (χ2n) is 4.85. The molecule has 1 aromatic rings. The van der Waals surface area contributed by atoms with Crippen LogP contribution in [0.3, 0.4) is 0 Å². The molecule has 2 rings (SSSR count). The number of hydrogen-bond donors (Lipinski definition) is 0. The molecule has 0 aliphatic heterocycles. The third-order valence-electron chi connectivity index (χ3n) is 3.60. The Labute approximate surface area is 118 Å². The van der Waals surface area contributed by atoms with Crippen molar-refractivity contribution in [3.05, 3.63) is 46.7 Å². The van der Waals surface area contributed by atoms with E-state index in [0.717, 1.165) is 5.57 Å². The van der Waals surface area contributed by atoms with Crippen LogP contribution in [-0.4, -0.2) is 17.3 Å². The van der Waals surface area contributed by atoms with Gasteiger partial charge in [-0.3, -0.25) is 14.4 Å². The Morgan fingerprint density at radius 1 is 1.20 bits per heavy atom. The van der Waals surface area contributed by atoms with Crippen molar-refractivity contribution in [1.29, 1.82) is 0 Å². The van der Waals surface area contributed by atoms with E-state index in [1.807, 2.05) is 0 Å². The maximum absolute atomic E-state index is 12.0. The van der Waals surface area contributed by atoms with Crippen LogP contribution in [0.4, 0.5) is 0 Å². The van der Waals surface area contributed by atoms with Gasteiger partial charge >= 0.3 is 0 Å². The summed E-state index contributed by atoms with van der Waals surface area (Å²) in [6.07, 6.45) is 1.27.